The zero-order chi connectivity index (χ0) is 11.2. The Kier molecular flexibility index (Phi) is 4.61. The van der Waals surface area contributed by atoms with Crippen LogP contribution in [0.15, 0.2) is 18.3 Å². The topological polar surface area (TPSA) is 22.1 Å². The number of hydrogen-bond donors (Lipinski definition) is 0. The summed E-state index contributed by atoms with van der Waals surface area (Å²) in [5.74, 6) is 0. The van der Waals surface area contributed by atoms with Gasteiger partial charge in [-0.25, -0.2) is 4.98 Å². The van der Waals surface area contributed by atoms with Crippen molar-refractivity contribution in [3.63, 3.8) is 0 Å². The van der Waals surface area contributed by atoms with E-state index in [0.29, 0.717) is 17.9 Å². The monoisotopic (exact) mass is 239 g/mol. The first-order valence-corrected chi connectivity index (χ1v) is 6.45. The van der Waals surface area contributed by atoms with Gasteiger partial charge in [0.1, 0.15) is 5.15 Å². The molecule has 0 spiro atoms. The van der Waals surface area contributed by atoms with Gasteiger partial charge in [-0.2, -0.15) is 0 Å². The molecule has 0 atom stereocenters. The largest absolute Gasteiger partial charge is 0.373 e. The maximum Gasteiger partial charge on any atom is 0.134 e. The van der Waals surface area contributed by atoms with Crippen molar-refractivity contribution in [2.45, 2.75) is 51.2 Å². The Bertz CT molecular complexity index is 321. The van der Waals surface area contributed by atoms with Gasteiger partial charge in [0.25, 0.3) is 0 Å². The summed E-state index contributed by atoms with van der Waals surface area (Å²) in [7, 11) is 0. The molecule has 1 aromatic heterocycles. The molecule has 0 unspecified atom stereocenters. The van der Waals surface area contributed by atoms with Crippen molar-refractivity contribution in [2.24, 2.45) is 0 Å². The van der Waals surface area contributed by atoms with Gasteiger partial charge < -0.3 is 4.74 Å². The normalized spacial score (nSPS) is 18.3. The van der Waals surface area contributed by atoms with Gasteiger partial charge in [-0.3, -0.25) is 0 Å². The first-order chi connectivity index (χ1) is 7.86. The summed E-state index contributed by atoms with van der Waals surface area (Å²) in [6.07, 6.45) is 9.81. The van der Waals surface area contributed by atoms with Crippen LogP contribution < -0.4 is 0 Å². The molecular formula is C13H18ClNO. The minimum Gasteiger partial charge on any atom is -0.373 e. The van der Waals surface area contributed by atoms with E-state index in [1.165, 1.54) is 38.5 Å². The SMILES string of the molecule is Clc1ncccc1COC1CCCCCC1. The van der Waals surface area contributed by atoms with Gasteiger partial charge in [0.15, 0.2) is 0 Å². The molecule has 88 valence electrons. The molecule has 0 aromatic carbocycles. The Morgan fingerprint density at radius 2 is 2.00 bits per heavy atom. The summed E-state index contributed by atoms with van der Waals surface area (Å²) in [5.41, 5.74) is 0.994. The predicted molar refractivity (Wildman–Crippen MR) is 65.5 cm³/mol. The fraction of sp³-hybridized carbons (Fsp3) is 0.615. The van der Waals surface area contributed by atoms with Gasteiger partial charge in [-0.1, -0.05) is 43.4 Å². The fourth-order valence-corrected chi connectivity index (χ4v) is 2.32. The van der Waals surface area contributed by atoms with E-state index in [1.54, 1.807) is 6.20 Å². The van der Waals surface area contributed by atoms with Crippen molar-refractivity contribution in [2.75, 3.05) is 0 Å². The minimum absolute atomic E-state index is 0.416. The van der Waals surface area contributed by atoms with Crippen molar-refractivity contribution < 1.29 is 4.74 Å². The lowest BCUT2D eigenvalue weighted by Crippen LogP contribution is -2.11. The second-order valence-electron chi connectivity index (χ2n) is 4.38. The van der Waals surface area contributed by atoms with Crippen LogP contribution in [0, 0.1) is 0 Å². The van der Waals surface area contributed by atoms with Gasteiger partial charge in [0, 0.05) is 11.8 Å². The maximum atomic E-state index is 5.98. The highest BCUT2D eigenvalue weighted by Crippen LogP contribution is 2.22. The minimum atomic E-state index is 0.416. The third-order valence-corrected chi connectivity index (χ3v) is 3.45. The van der Waals surface area contributed by atoms with E-state index in [1.807, 2.05) is 12.1 Å². The highest BCUT2D eigenvalue weighted by Gasteiger charge is 2.13. The predicted octanol–water partition coefficient (Wildman–Crippen LogP) is 3.97. The van der Waals surface area contributed by atoms with Crippen LogP contribution in [0.2, 0.25) is 5.15 Å². The second-order valence-corrected chi connectivity index (χ2v) is 4.74. The van der Waals surface area contributed by atoms with Crippen molar-refractivity contribution in [1.29, 1.82) is 0 Å². The average Bonchev–Trinajstić information content (AvgIpc) is 2.56. The number of nitrogens with zero attached hydrogens (tertiary/aromatic N) is 1. The second kappa shape index (κ2) is 6.21. The van der Waals surface area contributed by atoms with Crippen LogP contribution in [-0.2, 0) is 11.3 Å². The van der Waals surface area contributed by atoms with Crippen LogP contribution in [0.4, 0.5) is 0 Å². The summed E-state index contributed by atoms with van der Waals surface area (Å²) >= 11 is 5.98. The molecule has 2 rings (SSSR count). The number of hydrogen-bond acceptors (Lipinski definition) is 2. The Morgan fingerprint density at radius 1 is 1.25 bits per heavy atom. The molecule has 1 fully saturated rings. The Hall–Kier alpha value is -0.600. The van der Waals surface area contributed by atoms with Crippen molar-refractivity contribution in [3.8, 4) is 0 Å². The average molecular weight is 240 g/mol. The van der Waals surface area contributed by atoms with Gasteiger partial charge in [-0.15, -0.1) is 0 Å². The zero-order valence-corrected chi connectivity index (χ0v) is 10.2. The third-order valence-electron chi connectivity index (χ3n) is 3.11. The lowest BCUT2D eigenvalue weighted by Gasteiger charge is -2.15. The van der Waals surface area contributed by atoms with Crippen molar-refractivity contribution >= 4 is 11.6 Å². The summed E-state index contributed by atoms with van der Waals surface area (Å²) in [4.78, 5) is 4.05. The van der Waals surface area contributed by atoms with E-state index in [4.69, 9.17) is 16.3 Å². The van der Waals surface area contributed by atoms with E-state index in [2.05, 4.69) is 4.98 Å². The standard InChI is InChI=1S/C13H18ClNO/c14-13-11(6-5-9-15-13)10-16-12-7-3-1-2-4-8-12/h5-6,9,12H,1-4,7-8,10H2. The van der Waals surface area contributed by atoms with Crippen LogP contribution in [0.25, 0.3) is 0 Å². The molecule has 16 heavy (non-hydrogen) atoms. The number of pyridine rings is 1. The van der Waals surface area contributed by atoms with Crippen molar-refractivity contribution in [1.82, 2.24) is 4.98 Å². The molecular weight excluding hydrogens is 222 g/mol. The quantitative estimate of drug-likeness (QED) is 0.588. The molecule has 2 nitrogen and oxygen atoms in total. The first-order valence-electron chi connectivity index (χ1n) is 6.07. The van der Waals surface area contributed by atoms with E-state index in [9.17, 15) is 0 Å². The third kappa shape index (κ3) is 3.46. The lowest BCUT2D eigenvalue weighted by atomic mass is 10.1. The molecule has 3 heteroatoms. The van der Waals surface area contributed by atoms with Gasteiger partial charge in [-0.05, 0) is 18.9 Å². The highest BCUT2D eigenvalue weighted by atomic mass is 35.5. The van der Waals surface area contributed by atoms with Crippen LogP contribution >= 0.6 is 11.6 Å². The van der Waals surface area contributed by atoms with Gasteiger partial charge in [0.2, 0.25) is 0 Å². The van der Waals surface area contributed by atoms with Gasteiger partial charge in [0.05, 0.1) is 12.7 Å². The van der Waals surface area contributed by atoms with Gasteiger partial charge >= 0.3 is 0 Å². The van der Waals surface area contributed by atoms with Crippen molar-refractivity contribution in [3.05, 3.63) is 29.0 Å². The van der Waals surface area contributed by atoms with E-state index in [-0.39, 0.29) is 0 Å². The summed E-state index contributed by atoms with van der Waals surface area (Å²) in [6, 6.07) is 3.88. The molecule has 0 aliphatic heterocycles. The molecule has 0 saturated heterocycles. The smallest absolute Gasteiger partial charge is 0.134 e. The highest BCUT2D eigenvalue weighted by molar-refractivity contribution is 6.30. The molecule has 0 N–H and O–H groups in total. The molecule has 0 bridgehead atoms. The van der Waals surface area contributed by atoms with E-state index >= 15 is 0 Å². The molecule has 1 aliphatic rings. The molecule has 1 heterocycles. The maximum absolute atomic E-state index is 5.98. The number of ether oxygens (including phenoxy) is 1. The van der Waals surface area contributed by atoms with Crippen LogP contribution in [-0.4, -0.2) is 11.1 Å². The number of halogens is 1. The van der Waals surface area contributed by atoms with Crippen LogP contribution in [0.3, 0.4) is 0 Å². The summed E-state index contributed by atoms with van der Waals surface area (Å²) < 4.78 is 5.91. The Balaban J connectivity index is 1.84. The van der Waals surface area contributed by atoms with E-state index in [0.717, 1.165) is 5.56 Å². The Labute approximate surface area is 102 Å². The van der Waals surface area contributed by atoms with E-state index < -0.39 is 0 Å². The molecule has 0 radical (unpaired) electrons. The first kappa shape index (κ1) is 11.9. The zero-order valence-electron chi connectivity index (χ0n) is 9.49. The molecule has 1 aromatic rings. The number of rotatable bonds is 3. The fourth-order valence-electron chi connectivity index (χ4n) is 2.14. The summed E-state index contributed by atoms with van der Waals surface area (Å²) in [6.45, 7) is 0.595. The summed E-state index contributed by atoms with van der Waals surface area (Å²) in [5, 5.41) is 0.566. The van der Waals surface area contributed by atoms with Crippen LogP contribution in [0.5, 0.6) is 0 Å². The molecule has 1 aliphatic carbocycles. The molecule has 0 amide bonds. The Morgan fingerprint density at radius 3 is 2.69 bits per heavy atom. The number of aromatic nitrogens is 1. The lowest BCUT2D eigenvalue weighted by molar-refractivity contribution is 0.0309. The molecule has 1 saturated carbocycles. The van der Waals surface area contributed by atoms with Crippen LogP contribution in [0.1, 0.15) is 44.1 Å².